The smallest absolute Gasteiger partial charge is 0.275 e. The number of nitrogens with one attached hydrogen (secondary N) is 2. The molecule has 0 saturated carbocycles. The molecule has 0 aliphatic carbocycles. The van der Waals surface area contributed by atoms with Crippen molar-refractivity contribution in [2.24, 2.45) is 0 Å². The fraction of sp³-hybridized carbons (Fsp3) is 0.0667. The van der Waals surface area contributed by atoms with E-state index >= 15 is 0 Å². The zero-order valence-electron chi connectivity index (χ0n) is 12.8. The molecule has 1 aromatic carbocycles. The zero-order chi connectivity index (χ0) is 18.0. The minimum atomic E-state index is -3.69. The molecule has 2 heterocycles. The monoisotopic (exact) mass is 413 g/mol. The number of carbonyl (C=O) groups is 1. The fourth-order valence-electron chi connectivity index (χ4n) is 1.92. The molecule has 0 fully saturated rings. The summed E-state index contributed by atoms with van der Waals surface area (Å²) in [4.78, 5) is 16.3. The van der Waals surface area contributed by atoms with E-state index in [2.05, 4.69) is 15.0 Å². The molecule has 1 amide bonds. The molecule has 10 heteroatoms. The molecular formula is C15H12ClN3O3S3. The molecule has 0 radical (unpaired) electrons. The number of amides is 1. The SMILES string of the molecule is Cc1ccc(Cl)cc1NC(=O)c1csc(NS(=O)(=O)c2cccs2)n1. The lowest BCUT2D eigenvalue weighted by atomic mass is 10.2. The Morgan fingerprint density at radius 1 is 1.24 bits per heavy atom. The highest BCUT2D eigenvalue weighted by molar-refractivity contribution is 7.94. The standard InChI is InChI=1S/C15H12ClN3O3S3/c1-9-4-5-10(16)7-11(9)17-14(20)12-8-24-15(18-12)19-25(21,22)13-3-2-6-23-13/h2-8H,1H3,(H,17,20)(H,18,19). The molecular weight excluding hydrogens is 402 g/mol. The quantitative estimate of drug-likeness (QED) is 0.655. The highest BCUT2D eigenvalue weighted by Gasteiger charge is 2.19. The molecule has 2 N–H and O–H groups in total. The van der Waals surface area contributed by atoms with E-state index < -0.39 is 15.9 Å². The minimum absolute atomic E-state index is 0.119. The van der Waals surface area contributed by atoms with Gasteiger partial charge in [0.2, 0.25) is 0 Å². The van der Waals surface area contributed by atoms with E-state index in [-0.39, 0.29) is 15.0 Å². The number of aryl methyl sites for hydroxylation is 1. The number of thiazole rings is 1. The summed E-state index contributed by atoms with van der Waals surface area (Å²) in [7, 11) is -3.69. The molecule has 0 spiro atoms. The average Bonchev–Trinajstić information content (AvgIpc) is 3.22. The van der Waals surface area contributed by atoms with E-state index in [1.807, 2.05) is 6.92 Å². The second-order valence-electron chi connectivity index (χ2n) is 4.99. The average molecular weight is 414 g/mol. The van der Waals surface area contributed by atoms with E-state index in [9.17, 15) is 13.2 Å². The first-order valence-corrected chi connectivity index (χ1v) is 10.6. The first kappa shape index (κ1) is 17.9. The van der Waals surface area contributed by atoms with Crippen LogP contribution in [-0.2, 0) is 10.0 Å². The van der Waals surface area contributed by atoms with E-state index in [1.165, 1.54) is 11.4 Å². The van der Waals surface area contributed by atoms with Crippen LogP contribution in [-0.4, -0.2) is 19.3 Å². The van der Waals surface area contributed by atoms with Crippen LogP contribution in [0.4, 0.5) is 10.8 Å². The van der Waals surface area contributed by atoms with E-state index in [0.717, 1.165) is 28.2 Å². The van der Waals surface area contributed by atoms with E-state index in [0.29, 0.717) is 10.7 Å². The van der Waals surface area contributed by atoms with Gasteiger partial charge in [-0.2, -0.15) is 0 Å². The first-order chi connectivity index (χ1) is 11.8. The van der Waals surface area contributed by atoms with E-state index in [4.69, 9.17) is 11.6 Å². The molecule has 6 nitrogen and oxygen atoms in total. The lowest BCUT2D eigenvalue weighted by Crippen LogP contribution is -2.14. The van der Waals surface area contributed by atoms with Crippen LogP contribution in [0.5, 0.6) is 0 Å². The summed E-state index contributed by atoms with van der Waals surface area (Å²) in [6.45, 7) is 1.84. The lowest BCUT2D eigenvalue weighted by Gasteiger charge is -2.07. The summed E-state index contributed by atoms with van der Waals surface area (Å²) in [5.41, 5.74) is 1.55. The summed E-state index contributed by atoms with van der Waals surface area (Å²) in [5.74, 6) is -0.441. The molecule has 25 heavy (non-hydrogen) atoms. The van der Waals surface area contributed by atoms with Gasteiger partial charge < -0.3 is 5.32 Å². The number of thiophene rings is 1. The van der Waals surface area contributed by atoms with Crippen LogP contribution in [0, 0.1) is 6.92 Å². The fourth-order valence-corrected chi connectivity index (χ4v) is 5.03. The molecule has 130 valence electrons. The maximum absolute atomic E-state index is 12.3. The van der Waals surface area contributed by atoms with Gasteiger partial charge in [0, 0.05) is 16.1 Å². The van der Waals surface area contributed by atoms with Crippen molar-refractivity contribution < 1.29 is 13.2 Å². The number of benzene rings is 1. The van der Waals surface area contributed by atoms with Crippen LogP contribution in [0.1, 0.15) is 16.1 Å². The number of hydrogen-bond donors (Lipinski definition) is 2. The second kappa shape index (κ2) is 7.12. The Balaban J connectivity index is 1.75. The molecule has 0 aliphatic heterocycles. The van der Waals surface area contributed by atoms with Gasteiger partial charge in [-0.25, -0.2) is 13.4 Å². The number of nitrogens with zero attached hydrogens (tertiary/aromatic N) is 1. The molecule has 3 aromatic rings. The van der Waals surface area contributed by atoms with Gasteiger partial charge in [0.1, 0.15) is 9.90 Å². The summed E-state index contributed by atoms with van der Waals surface area (Å²) in [6.07, 6.45) is 0. The van der Waals surface area contributed by atoms with Crippen LogP contribution in [0.15, 0.2) is 45.3 Å². The van der Waals surface area contributed by atoms with Crippen molar-refractivity contribution in [3.05, 3.63) is 57.4 Å². The Bertz CT molecular complexity index is 1010. The highest BCUT2D eigenvalue weighted by atomic mass is 35.5. The number of carbonyl (C=O) groups excluding carboxylic acids is 1. The summed E-state index contributed by atoms with van der Waals surface area (Å²) >= 11 is 8.07. The van der Waals surface area contributed by atoms with Gasteiger partial charge in [-0.15, -0.1) is 22.7 Å². The van der Waals surface area contributed by atoms with Gasteiger partial charge in [0.05, 0.1) is 0 Å². The van der Waals surface area contributed by atoms with Gasteiger partial charge in [-0.05, 0) is 36.1 Å². The predicted molar refractivity (Wildman–Crippen MR) is 101 cm³/mol. The van der Waals surface area contributed by atoms with Gasteiger partial charge >= 0.3 is 0 Å². The molecule has 3 rings (SSSR count). The van der Waals surface area contributed by atoms with Gasteiger partial charge in [-0.1, -0.05) is 23.7 Å². The Morgan fingerprint density at radius 2 is 2.04 bits per heavy atom. The molecule has 0 bridgehead atoms. The normalized spacial score (nSPS) is 11.3. The Morgan fingerprint density at radius 3 is 2.76 bits per heavy atom. The summed E-state index contributed by atoms with van der Waals surface area (Å²) < 4.78 is 26.9. The van der Waals surface area contributed by atoms with Crippen LogP contribution in [0.2, 0.25) is 5.02 Å². The maximum Gasteiger partial charge on any atom is 0.275 e. The number of rotatable bonds is 5. The summed E-state index contributed by atoms with van der Waals surface area (Å²) in [5, 5.41) is 6.50. The van der Waals surface area contributed by atoms with Gasteiger partial charge in [0.15, 0.2) is 5.13 Å². The third kappa shape index (κ3) is 4.18. The zero-order valence-corrected chi connectivity index (χ0v) is 16.0. The molecule has 0 atom stereocenters. The number of anilines is 2. The van der Waals surface area contributed by atoms with Crippen molar-refractivity contribution in [3.8, 4) is 0 Å². The van der Waals surface area contributed by atoms with Crippen molar-refractivity contribution in [1.29, 1.82) is 0 Å². The Kier molecular flexibility index (Phi) is 5.09. The third-order valence-electron chi connectivity index (χ3n) is 3.17. The van der Waals surface area contributed by atoms with Crippen molar-refractivity contribution in [3.63, 3.8) is 0 Å². The van der Waals surface area contributed by atoms with Crippen molar-refractivity contribution in [2.45, 2.75) is 11.1 Å². The predicted octanol–water partition coefficient (Wildman–Crippen LogP) is 4.22. The van der Waals surface area contributed by atoms with Crippen LogP contribution < -0.4 is 10.0 Å². The maximum atomic E-state index is 12.3. The Labute approximate surface area is 157 Å². The second-order valence-corrected chi connectivity index (χ2v) is 9.14. The van der Waals surface area contributed by atoms with Crippen molar-refractivity contribution >= 4 is 61.0 Å². The summed E-state index contributed by atoms with van der Waals surface area (Å²) in [6, 6.07) is 8.30. The lowest BCUT2D eigenvalue weighted by molar-refractivity contribution is 0.102. The van der Waals surface area contributed by atoms with Crippen molar-refractivity contribution in [2.75, 3.05) is 10.0 Å². The topological polar surface area (TPSA) is 88.2 Å². The number of sulfonamides is 1. The largest absolute Gasteiger partial charge is 0.320 e. The minimum Gasteiger partial charge on any atom is -0.320 e. The molecule has 2 aromatic heterocycles. The first-order valence-electron chi connectivity index (χ1n) is 6.94. The van der Waals surface area contributed by atoms with Gasteiger partial charge in [0.25, 0.3) is 15.9 Å². The number of hydrogen-bond acceptors (Lipinski definition) is 6. The molecule has 0 saturated heterocycles. The van der Waals surface area contributed by atoms with Crippen LogP contribution >= 0.6 is 34.3 Å². The third-order valence-corrected chi connectivity index (χ3v) is 7.02. The number of halogens is 1. The van der Waals surface area contributed by atoms with Gasteiger partial charge in [-0.3, -0.25) is 9.52 Å². The Hall–Kier alpha value is -1.94. The highest BCUT2D eigenvalue weighted by Crippen LogP contribution is 2.24. The number of aromatic nitrogens is 1. The van der Waals surface area contributed by atoms with Crippen LogP contribution in [0.25, 0.3) is 0 Å². The molecule has 0 unspecified atom stereocenters. The van der Waals surface area contributed by atoms with Crippen molar-refractivity contribution in [1.82, 2.24) is 4.98 Å². The van der Waals surface area contributed by atoms with Crippen LogP contribution in [0.3, 0.4) is 0 Å². The van der Waals surface area contributed by atoms with E-state index in [1.54, 1.807) is 29.6 Å². The molecule has 0 aliphatic rings.